The van der Waals surface area contributed by atoms with Crippen molar-refractivity contribution in [2.24, 2.45) is 0 Å². The van der Waals surface area contributed by atoms with E-state index in [1.165, 1.54) is 4.88 Å². The molecule has 2 unspecified atom stereocenters. The maximum absolute atomic E-state index is 12.2. The van der Waals surface area contributed by atoms with Crippen molar-refractivity contribution >= 4 is 23.2 Å². The van der Waals surface area contributed by atoms with E-state index in [0.29, 0.717) is 6.42 Å². The molecular weight excluding hydrogens is 248 g/mol. The van der Waals surface area contributed by atoms with Gasteiger partial charge in [-0.25, -0.2) is 0 Å². The highest BCUT2D eigenvalue weighted by Gasteiger charge is 2.33. The van der Waals surface area contributed by atoms with E-state index < -0.39 is 0 Å². The molecule has 0 saturated carbocycles. The monoisotopic (exact) mass is 266 g/mol. The van der Waals surface area contributed by atoms with Crippen LogP contribution >= 0.6 is 11.3 Å². The molecule has 1 aromatic heterocycles. The van der Waals surface area contributed by atoms with E-state index in [9.17, 15) is 9.59 Å². The van der Waals surface area contributed by atoms with Gasteiger partial charge in [0.1, 0.15) is 6.04 Å². The molecule has 18 heavy (non-hydrogen) atoms. The third-order valence-electron chi connectivity index (χ3n) is 3.25. The van der Waals surface area contributed by atoms with Gasteiger partial charge in [0.2, 0.25) is 11.8 Å². The molecular formula is C13H18N2O2S. The first-order chi connectivity index (χ1) is 8.61. The van der Waals surface area contributed by atoms with Crippen molar-refractivity contribution in [3.05, 3.63) is 22.4 Å². The number of carbonyl (C=O) groups is 2. The van der Waals surface area contributed by atoms with Crippen LogP contribution in [0.25, 0.3) is 0 Å². The van der Waals surface area contributed by atoms with Crippen molar-refractivity contribution in [2.45, 2.75) is 38.8 Å². The number of hydrogen-bond acceptors (Lipinski definition) is 3. The quantitative estimate of drug-likeness (QED) is 0.896. The van der Waals surface area contributed by atoms with Gasteiger partial charge in [-0.05, 0) is 24.8 Å². The van der Waals surface area contributed by atoms with Gasteiger partial charge in [0.25, 0.3) is 0 Å². The number of nitrogens with one attached hydrogen (secondary N) is 1. The van der Waals surface area contributed by atoms with Crippen molar-refractivity contribution in [1.29, 1.82) is 0 Å². The van der Waals surface area contributed by atoms with Crippen LogP contribution in [0.5, 0.6) is 0 Å². The molecule has 0 aromatic carbocycles. The molecule has 4 nitrogen and oxygen atoms in total. The number of piperazine rings is 1. The molecule has 1 saturated heterocycles. The molecule has 1 N–H and O–H groups in total. The predicted molar refractivity (Wildman–Crippen MR) is 71.4 cm³/mol. The van der Waals surface area contributed by atoms with Gasteiger partial charge in [0.05, 0.1) is 6.54 Å². The second-order valence-electron chi connectivity index (χ2n) is 4.63. The minimum Gasteiger partial charge on any atom is -0.343 e. The predicted octanol–water partition coefficient (Wildman–Crippen LogP) is 1.42. The summed E-state index contributed by atoms with van der Waals surface area (Å²) < 4.78 is 0. The number of nitrogens with zero attached hydrogens (tertiary/aromatic N) is 1. The minimum absolute atomic E-state index is 0.0427. The maximum atomic E-state index is 12.2. The van der Waals surface area contributed by atoms with Gasteiger partial charge in [-0.1, -0.05) is 13.0 Å². The molecule has 2 rings (SSSR count). The van der Waals surface area contributed by atoms with Crippen molar-refractivity contribution in [3.8, 4) is 0 Å². The smallest absolute Gasteiger partial charge is 0.245 e. The van der Waals surface area contributed by atoms with E-state index in [4.69, 9.17) is 0 Å². The number of rotatable bonds is 4. The summed E-state index contributed by atoms with van der Waals surface area (Å²) >= 11 is 1.69. The normalized spacial score (nSPS) is 21.9. The summed E-state index contributed by atoms with van der Waals surface area (Å²) in [5.41, 5.74) is 0. The van der Waals surface area contributed by atoms with Gasteiger partial charge in [-0.2, -0.15) is 0 Å². The zero-order valence-corrected chi connectivity index (χ0v) is 11.5. The summed E-state index contributed by atoms with van der Waals surface area (Å²) in [7, 11) is 0. The van der Waals surface area contributed by atoms with Gasteiger partial charge in [-0.15, -0.1) is 11.3 Å². The lowest BCUT2D eigenvalue weighted by molar-refractivity contribution is -0.146. The Morgan fingerprint density at radius 1 is 1.56 bits per heavy atom. The highest BCUT2D eigenvalue weighted by atomic mass is 32.1. The summed E-state index contributed by atoms with van der Waals surface area (Å²) in [6.45, 7) is 4.10. The van der Waals surface area contributed by atoms with E-state index in [0.717, 1.165) is 6.42 Å². The second kappa shape index (κ2) is 5.52. The Labute approximate surface area is 111 Å². The Morgan fingerprint density at radius 3 is 2.94 bits per heavy atom. The fraction of sp³-hybridized carbons (Fsp3) is 0.538. The second-order valence-corrected chi connectivity index (χ2v) is 5.66. The molecule has 2 atom stereocenters. The number of carbonyl (C=O) groups excluding carboxylic acids is 2. The van der Waals surface area contributed by atoms with E-state index in [2.05, 4.69) is 11.4 Å². The molecule has 0 spiro atoms. The van der Waals surface area contributed by atoms with E-state index >= 15 is 0 Å². The SMILES string of the molecule is CCC1NC(=O)CN(C(C)Cc2cccs2)C1=O. The molecule has 1 aliphatic rings. The lowest BCUT2D eigenvalue weighted by atomic mass is 10.1. The third kappa shape index (κ3) is 2.72. The van der Waals surface area contributed by atoms with Crippen LogP contribution in [-0.4, -0.2) is 35.3 Å². The first-order valence-corrected chi connectivity index (χ1v) is 7.12. The van der Waals surface area contributed by atoms with Crippen LogP contribution in [0.3, 0.4) is 0 Å². The molecule has 1 aromatic rings. The molecule has 0 radical (unpaired) electrons. The van der Waals surface area contributed by atoms with Crippen LogP contribution in [0.4, 0.5) is 0 Å². The largest absolute Gasteiger partial charge is 0.343 e. The number of thiophene rings is 1. The zero-order chi connectivity index (χ0) is 13.1. The molecule has 2 heterocycles. The lowest BCUT2D eigenvalue weighted by Crippen LogP contribution is -2.60. The maximum Gasteiger partial charge on any atom is 0.245 e. The average molecular weight is 266 g/mol. The third-order valence-corrected chi connectivity index (χ3v) is 4.15. The average Bonchev–Trinajstić information content (AvgIpc) is 2.84. The number of amides is 2. The number of hydrogen-bond donors (Lipinski definition) is 1. The molecule has 0 bridgehead atoms. The Bertz CT molecular complexity index is 430. The Kier molecular flexibility index (Phi) is 4.01. The van der Waals surface area contributed by atoms with E-state index in [1.54, 1.807) is 16.2 Å². The first kappa shape index (κ1) is 13.1. The van der Waals surface area contributed by atoms with Gasteiger partial charge >= 0.3 is 0 Å². The standard InChI is InChI=1S/C13H18N2O2S/c1-3-11-13(17)15(8-12(16)14-11)9(2)7-10-5-4-6-18-10/h4-6,9,11H,3,7-8H2,1-2H3,(H,14,16). The highest BCUT2D eigenvalue weighted by molar-refractivity contribution is 7.09. The van der Waals surface area contributed by atoms with E-state index in [-0.39, 0.29) is 30.4 Å². The summed E-state index contributed by atoms with van der Waals surface area (Å²) in [5.74, 6) is -0.0133. The van der Waals surface area contributed by atoms with Crippen molar-refractivity contribution in [1.82, 2.24) is 10.2 Å². The fourth-order valence-electron chi connectivity index (χ4n) is 2.21. The Morgan fingerprint density at radius 2 is 2.33 bits per heavy atom. The molecule has 0 aliphatic carbocycles. The van der Waals surface area contributed by atoms with Gasteiger partial charge in [0, 0.05) is 17.3 Å². The minimum atomic E-state index is -0.350. The Balaban J connectivity index is 2.06. The molecule has 5 heteroatoms. The molecule has 98 valence electrons. The topological polar surface area (TPSA) is 49.4 Å². The van der Waals surface area contributed by atoms with Crippen LogP contribution in [0.1, 0.15) is 25.1 Å². The Hall–Kier alpha value is -1.36. The van der Waals surface area contributed by atoms with Crippen LogP contribution in [0.15, 0.2) is 17.5 Å². The van der Waals surface area contributed by atoms with Gasteiger partial charge in [-0.3, -0.25) is 9.59 Å². The first-order valence-electron chi connectivity index (χ1n) is 6.24. The molecule has 1 aliphatic heterocycles. The van der Waals surface area contributed by atoms with Crippen LogP contribution in [0, 0.1) is 0 Å². The highest BCUT2D eigenvalue weighted by Crippen LogP contribution is 2.17. The van der Waals surface area contributed by atoms with E-state index in [1.807, 2.05) is 25.3 Å². The van der Waals surface area contributed by atoms with Gasteiger partial charge in [0.15, 0.2) is 0 Å². The molecule has 1 fully saturated rings. The zero-order valence-electron chi connectivity index (χ0n) is 10.7. The summed E-state index contributed by atoms with van der Waals surface area (Å²) in [5, 5.41) is 4.76. The lowest BCUT2D eigenvalue weighted by Gasteiger charge is -2.36. The van der Waals surface area contributed by atoms with Crippen molar-refractivity contribution < 1.29 is 9.59 Å². The molecule has 2 amide bonds. The van der Waals surface area contributed by atoms with Crippen LogP contribution < -0.4 is 5.32 Å². The summed E-state index contributed by atoms with van der Waals surface area (Å²) in [4.78, 5) is 26.7. The van der Waals surface area contributed by atoms with Gasteiger partial charge < -0.3 is 10.2 Å². The van der Waals surface area contributed by atoms with Crippen molar-refractivity contribution in [3.63, 3.8) is 0 Å². The van der Waals surface area contributed by atoms with Crippen molar-refractivity contribution in [2.75, 3.05) is 6.54 Å². The van der Waals surface area contributed by atoms with Crippen LogP contribution in [-0.2, 0) is 16.0 Å². The van der Waals surface area contributed by atoms with Crippen LogP contribution in [0.2, 0.25) is 0 Å². The summed E-state index contributed by atoms with van der Waals surface area (Å²) in [6.07, 6.45) is 1.46. The summed E-state index contributed by atoms with van der Waals surface area (Å²) in [6, 6.07) is 3.78. The fourth-order valence-corrected chi connectivity index (χ4v) is 3.04.